The molecule has 5 heterocycles. The third kappa shape index (κ3) is 11.7. The third-order valence-electron chi connectivity index (χ3n) is 11.6. The van der Waals surface area contributed by atoms with Crippen molar-refractivity contribution in [3.8, 4) is 0 Å². The quantitative estimate of drug-likeness (QED) is 0.0600. The van der Waals surface area contributed by atoms with Crippen molar-refractivity contribution in [1.29, 1.82) is 0 Å². The summed E-state index contributed by atoms with van der Waals surface area (Å²) >= 11 is 0. The first-order valence-electron chi connectivity index (χ1n) is 21.1. The Morgan fingerprint density at radius 1 is 0.717 bits per heavy atom. The molecular formula is C49H60FeN4O6. The molecule has 0 radical (unpaired) electrons. The van der Waals surface area contributed by atoms with Crippen LogP contribution in [0.3, 0.4) is 0 Å². The van der Waals surface area contributed by atoms with Crippen molar-refractivity contribution >= 4 is 62.6 Å². The van der Waals surface area contributed by atoms with Gasteiger partial charge in [0.2, 0.25) is 0 Å². The summed E-state index contributed by atoms with van der Waals surface area (Å²) in [6.07, 6.45) is 11.9. The Morgan fingerprint density at radius 3 is 1.95 bits per heavy atom. The van der Waals surface area contributed by atoms with Gasteiger partial charge >= 0.3 is 29.0 Å². The zero-order valence-corrected chi connectivity index (χ0v) is 37.5. The largest absolute Gasteiger partial charge is 2.00 e. The molecule has 3 N–H and O–H groups in total. The number of aldehydes is 1. The predicted octanol–water partition coefficient (Wildman–Crippen LogP) is 10.6. The fourth-order valence-electron chi connectivity index (χ4n) is 8.14. The van der Waals surface area contributed by atoms with E-state index in [1.807, 2.05) is 32.9 Å². The summed E-state index contributed by atoms with van der Waals surface area (Å²) in [7, 11) is 0. The Morgan fingerprint density at radius 2 is 1.28 bits per heavy atom. The number of carbonyl (C=O) groups is 3. The molecule has 3 aromatic heterocycles. The van der Waals surface area contributed by atoms with E-state index in [2.05, 4.69) is 46.8 Å². The van der Waals surface area contributed by atoms with Crippen molar-refractivity contribution in [1.82, 2.24) is 19.9 Å². The van der Waals surface area contributed by atoms with Crippen LogP contribution < -0.4 is 9.97 Å². The number of aromatic nitrogens is 4. The number of rotatable bonds is 19. The molecule has 2 aliphatic heterocycles. The molecule has 8 bridgehead atoms. The number of hydrogen-bond donors (Lipinski definition) is 3. The molecule has 320 valence electrons. The van der Waals surface area contributed by atoms with Gasteiger partial charge in [-0.05, 0) is 115 Å². The Hall–Kier alpha value is -4.83. The summed E-state index contributed by atoms with van der Waals surface area (Å²) in [6, 6.07) is 7.30. The fraction of sp³-hybridized carbons (Fsp3) is 0.449. The van der Waals surface area contributed by atoms with Crippen molar-refractivity contribution in [2.45, 2.75) is 139 Å². The molecule has 11 heteroatoms. The monoisotopic (exact) mass is 856 g/mol. The molecule has 0 aromatic carbocycles. The van der Waals surface area contributed by atoms with Gasteiger partial charge in [0.1, 0.15) is 6.29 Å². The summed E-state index contributed by atoms with van der Waals surface area (Å²) in [5, 5.41) is 31.1. The van der Waals surface area contributed by atoms with Crippen LogP contribution in [0.5, 0.6) is 0 Å². The molecule has 0 unspecified atom stereocenters. The molecule has 3 aromatic rings. The standard InChI is InChI=1S/C49H62N4O6.Fe/c1-9-34-31(6)39-25-45-49(46(55)18-12-17-30(5)16-11-15-29(4)14-10-13-28(2)3)33(8)40(52-45)24-44-37(27-54)36(20-22-48(58)59)43(53-44)26-42-35(19-21-47(56)57)32(7)38(51-42)23-41(34)50-39;/h15,17,23-28,46,55H,9-14,16,18-22H2,1-8H3,(H4,50,51,52,53,54,56,57,58,59);/q;+2/p-2/b29-15+,30-17+,38-23?,39-25?,40-24?,41-23?,42-26?,43-26?,44-24?,45-25?;/t46-;/m0./s1. The SMILES string of the molecule is CCc1c(C)c2cc3nc(cc4[n-]c(cc5nc(cc1[n-]2)C(C)=C5CCC(=O)O)c(CCC(=O)O)c4C=O)C(C)=C3[C@@H](O)CC/C=C(\C)CC/C=C(\C)CCCC(C)C.[Fe+2]. The Kier molecular flexibility index (Phi) is 17.2. The zero-order valence-electron chi connectivity index (χ0n) is 36.4. The average Bonchev–Trinajstić information content (AvgIpc) is 3.85. The van der Waals surface area contributed by atoms with Crippen LogP contribution in [0.4, 0.5) is 0 Å². The number of fused-ring (bicyclic) bond motifs is 8. The van der Waals surface area contributed by atoms with Gasteiger partial charge in [-0.2, -0.15) is 0 Å². The minimum absolute atomic E-state index is 0. The number of allylic oxidation sites excluding steroid dienone is 7. The second kappa shape index (κ2) is 21.6. The normalized spacial score (nSPS) is 13.9. The second-order valence-corrected chi connectivity index (χ2v) is 16.5. The number of nitrogens with zero attached hydrogens (tertiary/aromatic N) is 4. The number of hydrogen-bond acceptors (Lipinski definition) is 6. The molecule has 2 aliphatic rings. The molecule has 0 saturated carbocycles. The van der Waals surface area contributed by atoms with Crippen LogP contribution in [0, 0.1) is 12.8 Å². The van der Waals surface area contributed by atoms with Crippen LogP contribution in [0.2, 0.25) is 0 Å². The first-order chi connectivity index (χ1) is 28.1. The molecule has 0 saturated heterocycles. The van der Waals surface area contributed by atoms with Crippen LogP contribution >= 0.6 is 0 Å². The summed E-state index contributed by atoms with van der Waals surface area (Å²) < 4.78 is 0. The smallest absolute Gasteiger partial charge is 0.657 e. The van der Waals surface area contributed by atoms with E-state index in [0.717, 1.165) is 64.1 Å². The molecular weight excluding hydrogens is 796 g/mol. The molecule has 60 heavy (non-hydrogen) atoms. The van der Waals surface area contributed by atoms with Gasteiger partial charge in [-0.3, -0.25) is 14.4 Å². The predicted molar refractivity (Wildman–Crippen MR) is 237 cm³/mol. The van der Waals surface area contributed by atoms with Gasteiger partial charge in [-0.1, -0.05) is 91.4 Å². The third-order valence-corrected chi connectivity index (χ3v) is 11.6. The first kappa shape index (κ1) is 47.8. The minimum atomic E-state index is -1.01. The number of aliphatic carboxylic acids is 2. The van der Waals surface area contributed by atoms with E-state index in [-0.39, 0.29) is 48.3 Å². The van der Waals surface area contributed by atoms with Crippen molar-refractivity contribution in [3.63, 3.8) is 0 Å². The first-order valence-corrected chi connectivity index (χ1v) is 21.1. The van der Waals surface area contributed by atoms with Crippen LogP contribution in [0.25, 0.3) is 44.4 Å². The number of carboxylic acids is 2. The minimum Gasteiger partial charge on any atom is -0.657 e. The molecule has 5 rings (SSSR count). The summed E-state index contributed by atoms with van der Waals surface area (Å²) in [5.74, 6) is -1.23. The molecule has 0 fully saturated rings. The van der Waals surface area contributed by atoms with Gasteiger partial charge in [-0.15, -0.1) is 22.1 Å². The molecule has 10 nitrogen and oxygen atoms in total. The maximum absolute atomic E-state index is 12.8. The van der Waals surface area contributed by atoms with Gasteiger partial charge in [0.05, 0.1) is 28.9 Å². The van der Waals surface area contributed by atoms with Gasteiger partial charge in [-0.25, -0.2) is 9.97 Å². The van der Waals surface area contributed by atoms with Crippen LogP contribution in [-0.4, -0.2) is 49.6 Å². The Balaban J connectivity index is 0.00000794. The van der Waals surface area contributed by atoms with E-state index in [1.54, 1.807) is 12.1 Å². The summed E-state index contributed by atoms with van der Waals surface area (Å²) in [6.45, 7) is 16.8. The topological polar surface area (TPSA) is 166 Å². The summed E-state index contributed by atoms with van der Waals surface area (Å²) in [5.41, 5.74) is 13.0. The van der Waals surface area contributed by atoms with E-state index in [0.29, 0.717) is 70.5 Å². The zero-order chi connectivity index (χ0) is 43.0. The molecule has 0 aliphatic carbocycles. The number of carboxylic acid groups (broad SMARTS) is 2. The van der Waals surface area contributed by atoms with Crippen molar-refractivity contribution in [3.05, 3.63) is 92.6 Å². The van der Waals surface area contributed by atoms with Crippen molar-refractivity contribution in [2.75, 3.05) is 0 Å². The van der Waals surface area contributed by atoms with Crippen LogP contribution in [0.1, 0.15) is 162 Å². The van der Waals surface area contributed by atoms with E-state index in [1.165, 1.54) is 24.0 Å². The van der Waals surface area contributed by atoms with Gasteiger partial charge in [0.25, 0.3) is 0 Å². The Labute approximate surface area is 364 Å². The van der Waals surface area contributed by atoms with Gasteiger partial charge in [0, 0.05) is 24.0 Å². The maximum atomic E-state index is 12.8. The van der Waals surface area contributed by atoms with Crippen molar-refractivity contribution < 1.29 is 46.8 Å². The maximum Gasteiger partial charge on any atom is 2.00 e. The average molecular weight is 857 g/mol. The van der Waals surface area contributed by atoms with E-state index in [9.17, 15) is 29.7 Å². The van der Waals surface area contributed by atoms with Crippen molar-refractivity contribution in [2.24, 2.45) is 5.92 Å². The fourth-order valence-corrected chi connectivity index (χ4v) is 8.14. The number of carbonyl (C=O) groups excluding carboxylic acids is 1. The molecule has 0 amide bonds. The second-order valence-electron chi connectivity index (χ2n) is 16.5. The number of aryl methyl sites for hydroxylation is 3. The Bertz CT molecular complexity index is 2390. The van der Waals surface area contributed by atoms with Gasteiger partial charge < -0.3 is 25.3 Å². The van der Waals surface area contributed by atoms with E-state index < -0.39 is 18.0 Å². The van der Waals surface area contributed by atoms with Crippen LogP contribution in [-0.2, 0) is 39.5 Å². The molecule has 1 atom stereocenters. The number of aliphatic hydroxyl groups excluding tert-OH is 1. The van der Waals surface area contributed by atoms with Gasteiger partial charge in [0.15, 0.2) is 0 Å². The summed E-state index contributed by atoms with van der Waals surface area (Å²) in [4.78, 5) is 56.2. The number of aliphatic hydroxyl groups is 1. The van der Waals surface area contributed by atoms with Crippen LogP contribution in [0.15, 0.2) is 47.6 Å². The molecule has 0 spiro atoms. The van der Waals surface area contributed by atoms with E-state index >= 15 is 0 Å². The van der Waals surface area contributed by atoms with E-state index in [4.69, 9.17) is 19.9 Å².